The van der Waals surface area contributed by atoms with Crippen molar-refractivity contribution in [3.63, 3.8) is 0 Å². The Bertz CT molecular complexity index is 5290. The van der Waals surface area contributed by atoms with Gasteiger partial charge in [0.1, 0.15) is 11.2 Å². The highest BCUT2D eigenvalue weighted by atomic mass is 32.1. The molecule has 0 N–H and O–H groups in total. The van der Waals surface area contributed by atoms with Crippen LogP contribution in [-0.2, 0) is 0 Å². The summed E-state index contributed by atoms with van der Waals surface area (Å²) in [6.07, 6.45) is 0. The largest absolute Gasteiger partial charge is 0.456 e. The van der Waals surface area contributed by atoms with E-state index in [0.717, 1.165) is 82.5 Å². The molecule has 17 aromatic rings. The first-order valence-corrected chi connectivity index (χ1v) is 27.5. The Kier molecular flexibility index (Phi) is 9.07. The molecule has 0 unspecified atom stereocenters. The van der Waals surface area contributed by atoms with Gasteiger partial charge in [0, 0.05) is 89.5 Å². The highest BCUT2D eigenvalue weighted by Crippen LogP contribution is 2.49. The maximum Gasteiger partial charge on any atom is 0.238 e. The van der Waals surface area contributed by atoms with Crippen LogP contribution in [0, 0.1) is 0 Å². The molecule has 8 heteroatoms. The van der Waals surface area contributed by atoms with E-state index in [9.17, 15) is 0 Å². The van der Waals surface area contributed by atoms with Crippen LogP contribution in [0.2, 0.25) is 0 Å². The lowest BCUT2D eigenvalue weighted by molar-refractivity contribution is 0.669. The van der Waals surface area contributed by atoms with E-state index in [2.05, 4.69) is 228 Å². The minimum absolute atomic E-state index is 0.527. The number of para-hydroxylation sites is 3. The summed E-state index contributed by atoms with van der Waals surface area (Å²) in [4.78, 5) is 16.5. The number of fused-ring (bicyclic) bond motifs is 16. The minimum atomic E-state index is 0.527. The van der Waals surface area contributed by atoms with Crippen molar-refractivity contribution in [3.8, 4) is 56.7 Å². The molecule has 6 heterocycles. The number of rotatable bonds is 6. The molecule has 0 aliphatic heterocycles. The van der Waals surface area contributed by atoms with Crippen LogP contribution in [-0.4, -0.2) is 24.1 Å². The lowest BCUT2D eigenvalue weighted by atomic mass is 9.89. The molecule has 0 aliphatic carbocycles. The topological polar surface area (TPSA) is 61.7 Å². The van der Waals surface area contributed by atoms with E-state index < -0.39 is 0 Å². The van der Waals surface area contributed by atoms with Gasteiger partial charge in [0.05, 0.1) is 22.1 Å². The van der Waals surface area contributed by atoms with Crippen molar-refractivity contribution >= 4 is 129 Å². The lowest BCUT2D eigenvalue weighted by Crippen LogP contribution is -2.07. The van der Waals surface area contributed by atoms with E-state index in [1.807, 2.05) is 40.9 Å². The summed E-state index contributed by atoms with van der Waals surface area (Å²) in [5, 5.41) is 11.6. The Balaban J connectivity index is 0.932. The van der Waals surface area contributed by atoms with Gasteiger partial charge in [0.25, 0.3) is 0 Å². The normalized spacial score (nSPS) is 12.2. The predicted octanol–water partition coefficient (Wildman–Crippen LogP) is 19.4. The number of aromatic nitrogens is 5. The zero-order chi connectivity index (χ0) is 50.3. The van der Waals surface area contributed by atoms with Gasteiger partial charge in [-0.1, -0.05) is 170 Å². The molecule has 0 fully saturated rings. The Morgan fingerprint density at radius 3 is 1.73 bits per heavy atom. The van der Waals surface area contributed by atoms with Crippen molar-refractivity contribution in [3.05, 3.63) is 237 Å². The van der Waals surface area contributed by atoms with E-state index in [-0.39, 0.29) is 0 Å². The minimum Gasteiger partial charge on any atom is -0.456 e. The van der Waals surface area contributed by atoms with Crippen LogP contribution in [0.1, 0.15) is 0 Å². The standard InChI is InChI=1S/C69H39N5OS2/c1-3-16-40(17-4-1)67-70-68(72-69(71-67)74-55-26-12-8-21-46(55)50-34-33-49-45-20-7-11-25-54(45)73(65(49)66(50)74)43-18-5-2-6-19-43)52-24-15-27-57-63(52)53-38-42(31-36-56(53)75-57)62-44(35-37-60-64(62)51-23-10-14-29-59(51)76-60)41-30-32-48-47-22-9-13-28-58(47)77-61(48)39-41/h1-39H. The molecule has 0 aliphatic rings. The Labute approximate surface area is 447 Å². The second-order valence-corrected chi connectivity index (χ2v) is 22.0. The number of furan rings is 1. The number of nitrogens with zero attached hydrogens (tertiary/aromatic N) is 5. The van der Waals surface area contributed by atoms with Crippen molar-refractivity contribution in [2.45, 2.75) is 0 Å². The van der Waals surface area contributed by atoms with E-state index in [0.29, 0.717) is 17.6 Å². The number of hydrogen-bond acceptors (Lipinski definition) is 6. The second-order valence-electron chi connectivity index (χ2n) is 19.8. The zero-order valence-corrected chi connectivity index (χ0v) is 42.6. The fourth-order valence-electron chi connectivity index (χ4n) is 12.3. The predicted molar refractivity (Wildman–Crippen MR) is 323 cm³/mol. The fourth-order valence-corrected chi connectivity index (χ4v) is 14.5. The smallest absolute Gasteiger partial charge is 0.238 e. The van der Waals surface area contributed by atoms with Gasteiger partial charge >= 0.3 is 0 Å². The van der Waals surface area contributed by atoms with Crippen LogP contribution >= 0.6 is 22.7 Å². The molecular weight excluding hydrogens is 979 g/mol. The molecule has 0 saturated heterocycles. The van der Waals surface area contributed by atoms with Crippen LogP contribution < -0.4 is 0 Å². The summed E-state index contributed by atoms with van der Waals surface area (Å²) in [7, 11) is 0. The maximum atomic E-state index is 6.83. The lowest BCUT2D eigenvalue weighted by Gasteiger charge is -2.14. The maximum absolute atomic E-state index is 6.83. The van der Waals surface area contributed by atoms with Crippen molar-refractivity contribution in [2.24, 2.45) is 0 Å². The van der Waals surface area contributed by atoms with Gasteiger partial charge in [-0.25, -0.2) is 4.98 Å². The van der Waals surface area contributed by atoms with E-state index in [4.69, 9.17) is 19.4 Å². The summed E-state index contributed by atoms with van der Waals surface area (Å²) < 4.78 is 16.6. The highest BCUT2D eigenvalue weighted by molar-refractivity contribution is 7.26. The van der Waals surface area contributed by atoms with Crippen LogP contribution in [0.15, 0.2) is 241 Å². The Hall–Kier alpha value is -9.73. The number of thiophene rings is 2. The molecule has 0 saturated carbocycles. The van der Waals surface area contributed by atoms with Crippen LogP contribution in [0.5, 0.6) is 0 Å². The summed E-state index contributed by atoms with van der Waals surface area (Å²) in [5.41, 5.74) is 13.3. The third-order valence-corrected chi connectivity index (χ3v) is 17.9. The van der Waals surface area contributed by atoms with Gasteiger partial charge < -0.3 is 8.98 Å². The SMILES string of the molecule is c1ccc(-c2nc(-c3cccc4oc5ccc(-c6c(-c7ccc8c(c7)sc7ccccc78)ccc7sc8ccccc8c67)cc5c34)nc(-n3c4ccccc4c4ccc5c6ccccc6n(-c6ccccc6)c5c43)n2)cc1. The first-order chi connectivity index (χ1) is 38.2. The molecule has 358 valence electrons. The number of hydrogen-bond donors (Lipinski definition) is 0. The van der Waals surface area contributed by atoms with Gasteiger partial charge in [0.15, 0.2) is 11.6 Å². The average Bonchev–Trinajstić information content (AvgIpc) is 4.34. The van der Waals surface area contributed by atoms with Crippen molar-refractivity contribution < 1.29 is 4.42 Å². The first kappa shape index (κ1) is 42.6. The van der Waals surface area contributed by atoms with Gasteiger partial charge in [-0.15, -0.1) is 22.7 Å². The molecule has 6 aromatic heterocycles. The molecule has 6 nitrogen and oxygen atoms in total. The molecule has 0 amide bonds. The molecule has 17 rings (SSSR count). The van der Waals surface area contributed by atoms with Crippen molar-refractivity contribution in [1.82, 2.24) is 24.1 Å². The number of benzene rings is 11. The van der Waals surface area contributed by atoms with Crippen molar-refractivity contribution in [1.29, 1.82) is 0 Å². The molecule has 77 heavy (non-hydrogen) atoms. The first-order valence-electron chi connectivity index (χ1n) is 25.8. The van der Waals surface area contributed by atoms with Gasteiger partial charge in [-0.2, -0.15) is 9.97 Å². The molecule has 0 bridgehead atoms. The molecule has 0 spiro atoms. The zero-order valence-electron chi connectivity index (χ0n) is 41.0. The third kappa shape index (κ3) is 6.31. The van der Waals surface area contributed by atoms with Crippen molar-refractivity contribution in [2.75, 3.05) is 0 Å². The van der Waals surface area contributed by atoms with E-state index >= 15 is 0 Å². The molecular formula is C69H39N5OS2. The van der Waals surface area contributed by atoms with Gasteiger partial charge in [-0.05, 0) is 89.0 Å². The fraction of sp³-hybridized carbons (Fsp3) is 0. The quantitative estimate of drug-likeness (QED) is 0.166. The highest BCUT2D eigenvalue weighted by Gasteiger charge is 2.26. The van der Waals surface area contributed by atoms with E-state index in [1.54, 1.807) is 0 Å². The van der Waals surface area contributed by atoms with E-state index in [1.165, 1.54) is 62.4 Å². The Morgan fingerprint density at radius 1 is 0.325 bits per heavy atom. The average molecular weight is 1020 g/mol. The van der Waals surface area contributed by atoms with Crippen LogP contribution in [0.4, 0.5) is 0 Å². The van der Waals surface area contributed by atoms with Gasteiger partial charge in [-0.3, -0.25) is 4.57 Å². The Morgan fingerprint density at radius 2 is 0.935 bits per heavy atom. The van der Waals surface area contributed by atoms with Crippen LogP contribution in [0.25, 0.3) is 163 Å². The molecule has 0 radical (unpaired) electrons. The molecule has 0 atom stereocenters. The summed E-state index contributed by atoms with van der Waals surface area (Å²) in [5.74, 6) is 1.66. The van der Waals surface area contributed by atoms with Crippen LogP contribution in [0.3, 0.4) is 0 Å². The monoisotopic (exact) mass is 1020 g/mol. The van der Waals surface area contributed by atoms with Gasteiger partial charge in [0.2, 0.25) is 5.95 Å². The molecule has 11 aromatic carbocycles. The third-order valence-electron chi connectivity index (χ3n) is 15.6. The second kappa shape index (κ2) is 16.4. The summed E-state index contributed by atoms with van der Waals surface area (Å²) in [6, 6.07) is 84.8. The summed E-state index contributed by atoms with van der Waals surface area (Å²) >= 11 is 3.70. The summed E-state index contributed by atoms with van der Waals surface area (Å²) in [6.45, 7) is 0.